The lowest BCUT2D eigenvalue weighted by molar-refractivity contribution is -0.120. The monoisotopic (exact) mass is 346 g/mol. The molecule has 0 bridgehead atoms. The largest absolute Gasteiger partial charge is 0.535 e. The van der Waals surface area contributed by atoms with Gasteiger partial charge in [-0.05, 0) is 30.9 Å². The fraction of sp³-hybridized carbons (Fsp3) is 0.529. The van der Waals surface area contributed by atoms with Crippen molar-refractivity contribution in [1.82, 2.24) is 4.90 Å². The number of hydrogen-bond acceptors (Lipinski definition) is 6. The van der Waals surface area contributed by atoms with Gasteiger partial charge >= 0.3 is 13.1 Å². The minimum absolute atomic E-state index is 0.0333. The second-order valence-corrected chi connectivity index (χ2v) is 6.93. The minimum atomic E-state index is -1.17. The van der Waals surface area contributed by atoms with Gasteiger partial charge in [0.1, 0.15) is 11.5 Å². The molecule has 1 aromatic rings. The van der Waals surface area contributed by atoms with Gasteiger partial charge in [0.2, 0.25) is 0 Å². The van der Waals surface area contributed by atoms with E-state index in [9.17, 15) is 19.7 Å². The van der Waals surface area contributed by atoms with Crippen LogP contribution in [0.1, 0.15) is 35.2 Å². The van der Waals surface area contributed by atoms with Crippen molar-refractivity contribution in [3.05, 3.63) is 29.3 Å². The molecule has 4 N–H and O–H groups in total. The standard InChI is InChI=1S/C17H23BN2O5/c19-13-4-6-20(7-5-13)10-14(21)9-12-8-11-2-1-3-15(17(22)23)16(11)25-18(12)24/h1-3,12-13,24H,4-10,19H2,(H,22,23)/t12-/m1/s1. The Kier molecular flexibility index (Phi) is 5.41. The summed E-state index contributed by atoms with van der Waals surface area (Å²) in [5.74, 6) is -1.20. The van der Waals surface area contributed by atoms with E-state index in [0.717, 1.165) is 25.9 Å². The molecule has 0 amide bonds. The fourth-order valence-corrected chi connectivity index (χ4v) is 3.54. The molecule has 1 saturated heterocycles. The van der Waals surface area contributed by atoms with Crippen LogP contribution in [0.2, 0.25) is 5.82 Å². The van der Waals surface area contributed by atoms with E-state index in [1.54, 1.807) is 12.1 Å². The summed E-state index contributed by atoms with van der Waals surface area (Å²) >= 11 is 0. The van der Waals surface area contributed by atoms with E-state index in [1.165, 1.54) is 6.07 Å². The summed E-state index contributed by atoms with van der Waals surface area (Å²) in [6.07, 6.45) is 2.43. The number of fused-ring (bicyclic) bond motifs is 1. The summed E-state index contributed by atoms with van der Waals surface area (Å²) in [7, 11) is -1.17. The van der Waals surface area contributed by atoms with E-state index in [-0.39, 0.29) is 35.4 Å². The number of carbonyl (C=O) groups excluding carboxylic acids is 1. The lowest BCUT2D eigenvalue weighted by Gasteiger charge is -2.31. The minimum Gasteiger partial charge on any atom is -0.535 e. The first-order valence-corrected chi connectivity index (χ1v) is 8.63. The number of carboxylic acid groups (broad SMARTS) is 1. The number of carbonyl (C=O) groups is 2. The number of nitrogens with zero attached hydrogens (tertiary/aromatic N) is 1. The number of carboxylic acids is 1. The molecule has 0 unspecified atom stereocenters. The first kappa shape index (κ1) is 17.9. The molecular weight excluding hydrogens is 323 g/mol. The van der Waals surface area contributed by atoms with Crippen LogP contribution in [0, 0.1) is 0 Å². The summed E-state index contributed by atoms with van der Waals surface area (Å²) in [5, 5.41) is 19.4. The normalized spacial score (nSPS) is 21.5. The van der Waals surface area contributed by atoms with Crippen molar-refractivity contribution in [3.63, 3.8) is 0 Å². The van der Waals surface area contributed by atoms with Crippen molar-refractivity contribution in [2.45, 2.75) is 37.5 Å². The van der Waals surface area contributed by atoms with Crippen LogP contribution < -0.4 is 10.4 Å². The Morgan fingerprint density at radius 3 is 2.72 bits per heavy atom. The van der Waals surface area contributed by atoms with Gasteiger partial charge in [-0.25, -0.2) is 4.79 Å². The highest BCUT2D eigenvalue weighted by Crippen LogP contribution is 2.36. The first-order valence-electron chi connectivity index (χ1n) is 8.63. The van der Waals surface area contributed by atoms with Crippen LogP contribution in [-0.2, 0) is 11.2 Å². The molecule has 0 radical (unpaired) electrons. The molecule has 25 heavy (non-hydrogen) atoms. The number of piperidine rings is 1. The highest BCUT2D eigenvalue weighted by Gasteiger charge is 2.37. The molecule has 7 nitrogen and oxygen atoms in total. The lowest BCUT2D eigenvalue weighted by atomic mass is 9.64. The van der Waals surface area contributed by atoms with Gasteiger partial charge in [-0.3, -0.25) is 9.69 Å². The summed E-state index contributed by atoms with van der Waals surface area (Å²) in [6.45, 7) is 2.00. The molecule has 1 fully saturated rings. The lowest BCUT2D eigenvalue weighted by Crippen LogP contribution is -2.43. The van der Waals surface area contributed by atoms with Crippen LogP contribution in [0.5, 0.6) is 5.75 Å². The maximum atomic E-state index is 12.4. The summed E-state index contributed by atoms with van der Waals surface area (Å²) in [4.78, 5) is 25.7. The summed E-state index contributed by atoms with van der Waals surface area (Å²) in [5.41, 5.74) is 6.62. The quantitative estimate of drug-likeness (QED) is 0.668. The molecule has 8 heteroatoms. The van der Waals surface area contributed by atoms with Crippen LogP contribution in [0.3, 0.4) is 0 Å². The number of nitrogens with two attached hydrogens (primary N) is 1. The number of aromatic carboxylic acids is 1. The molecule has 0 aliphatic carbocycles. The molecule has 0 spiro atoms. The zero-order chi connectivity index (χ0) is 18.0. The highest BCUT2D eigenvalue weighted by molar-refractivity contribution is 6.47. The van der Waals surface area contributed by atoms with Crippen molar-refractivity contribution in [3.8, 4) is 5.75 Å². The molecule has 1 atom stereocenters. The molecule has 134 valence electrons. The molecule has 2 aliphatic heterocycles. The molecule has 0 saturated carbocycles. The van der Waals surface area contributed by atoms with Crippen LogP contribution in [-0.4, -0.2) is 59.6 Å². The number of ketones is 1. The van der Waals surface area contributed by atoms with Gasteiger partial charge in [0.05, 0.1) is 12.1 Å². The molecule has 3 rings (SSSR count). The van der Waals surface area contributed by atoms with Crippen LogP contribution in [0.25, 0.3) is 0 Å². The van der Waals surface area contributed by atoms with Crippen molar-refractivity contribution >= 4 is 18.9 Å². The maximum Gasteiger partial charge on any atom is 0.526 e. The first-order chi connectivity index (χ1) is 11.9. The predicted octanol–water partition coefficient (Wildman–Crippen LogP) is 0.553. The Morgan fingerprint density at radius 1 is 1.32 bits per heavy atom. The van der Waals surface area contributed by atoms with Crippen molar-refractivity contribution in [1.29, 1.82) is 0 Å². The molecule has 2 heterocycles. The Hall–Kier alpha value is -1.90. The summed E-state index contributed by atoms with van der Waals surface area (Å²) < 4.78 is 5.43. The number of hydrogen-bond donors (Lipinski definition) is 3. The van der Waals surface area contributed by atoms with Crippen molar-refractivity contribution < 1.29 is 24.4 Å². The van der Waals surface area contributed by atoms with Gasteiger partial charge in [0.15, 0.2) is 0 Å². The van der Waals surface area contributed by atoms with E-state index in [4.69, 9.17) is 10.4 Å². The van der Waals surface area contributed by atoms with Gasteiger partial charge in [0.25, 0.3) is 0 Å². The van der Waals surface area contributed by atoms with E-state index in [2.05, 4.69) is 4.90 Å². The van der Waals surface area contributed by atoms with Crippen LogP contribution in [0.4, 0.5) is 0 Å². The maximum absolute atomic E-state index is 12.4. The smallest absolute Gasteiger partial charge is 0.526 e. The Bertz CT molecular complexity index is 660. The zero-order valence-electron chi connectivity index (χ0n) is 14.1. The third kappa shape index (κ3) is 4.20. The third-order valence-corrected chi connectivity index (χ3v) is 4.97. The number of benzene rings is 1. The molecular formula is C17H23BN2O5. The second-order valence-electron chi connectivity index (χ2n) is 6.93. The number of para-hydroxylation sites is 1. The molecule has 1 aromatic carbocycles. The Labute approximate surface area is 146 Å². The van der Waals surface area contributed by atoms with Crippen molar-refractivity contribution in [2.24, 2.45) is 5.73 Å². The molecule has 2 aliphatic rings. The Morgan fingerprint density at radius 2 is 2.04 bits per heavy atom. The number of likely N-dealkylation sites (tertiary alicyclic amines) is 1. The number of rotatable bonds is 5. The average molecular weight is 346 g/mol. The van der Waals surface area contributed by atoms with E-state index >= 15 is 0 Å². The van der Waals surface area contributed by atoms with E-state index < -0.39 is 13.1 Å². The van der Waals surface area contributed by atoms with Crippen LogP contribution >= 0.6 is 0 Å². The summed E-state index contributed by atoms with van der Waals surface area (Å²) in [6, 6.07) is 5.09. The van der Waals surface area contributed by atoms with E-state index in [0.29, 0.717) is 18.5 Å². The number of Topliss-reactive ketones (excluding diaryl/α,β-unsaturated/α-hetero) is 1. The van der Waals surface area contributed by atoms with Gasteiger partial charge in [-0.15, -0.1) is 0 Å². The van der Waals surface area contributed by atoms with Gasteiger partial charge in [-0.2, -0.15) is 0 Å². The highest BCUT2D eigenvalue weighted by atomic mass is 16.5. The van der Waals surface area contributed by atoms with Gasteiger partial charge < -0.3 is 20.5 Å². The SMILES string of the molecule is NC1CCN(CC(=O)C[C@H]2Cc3cccc(C(=O)O)c3OB2O)CC1. The topological polar surface area (TPSA) is 113 Å². The molecule has 0 aromatic heterocycles. The third-order valence-electron chi connectivity index (χ3n) is 4.97. The Balaban J connectivity index is 1.61. The zero-order valence-corrected chi connectivity index (χ0v) is 14.1. The second kappa shape index (κ2) is 7.55. The van der Waals surface area contributed by atoms with Crippen LogP contribution in [0.15, 0.2) is 18.2 Å². The van der Waals surface area contributed by atoms with Crippen molar-refractivity contribution in [2.75, 3.05) is 19.6 Å². The fourth-order valence-electron chi connectivity index (χ4n) is 3.54. The average Bonchev–Trinajstić information content (AvgIpc) is 2.57. The van der Waals surface area contributed by atoms with Gasteiger partial charge in [0, 0.05) is 31.4 Å². The van der Waals surface area contributed by atoms with Gasteiger partial charge in [-0.1, -0.05) is 12.1 Å². The predicted molar refractivity (Wildman–Crippen MR) is 92.7 cm³/mol. The van der Waals surface area contributed by atoms with E-state index in [1.807, 2.05) is 0 Å².